The fraction of sp³-hybridized carbons (Fsp3) is 0.429. The lowest BCUT2D eigenvalue weighted by Crippen LogP contribution is -2.33. The van der Waals surface area contributed by atoms with Crippen LogP contribution in [0.25, 0.3) is 0 Å². The zero-order valence-electron chi connectivity index (χ0n) is 11.3. The number of aliphatic hydroxyl groups is 1. The predicted molar refractivity (Wildman–Crippen MR) is 69.8 cm³/mol. The normalized spacial score (nSPS) is 15.5. The molecule has 0 spiro atoms. The van der Waals surface area contributed by atoms with Gasteiger partial charge in [-0.15, -0.1) is 0 Å². The van der Waals surface area contributed by atoms with Crippen LogP contribution in [0.3, 0.4) is 0 Å². The van der Waals surface area contributed by atoms with Gasteiger partial charge in [0.05, 0.1) is 30.9 Å². The topological polar surface area (TPSA) is 91.3 Å². The van der Waals surface area contributed by atoms with Crippen LogP contribution in [-0.2, 0) is 18.9 Å². The first-order valence-corrected chi connectivity index (χ1v) is 6.45. The van der Waals surface area contributed by atoms with Crippen molar-refractivity contribution in [3.63, 3.8) is 0 Å². The minimum Gasteiger partial charge on any atom is -0.460 e. The van der Waals surface area contributed by atoms with Gasteiger partial charge in [-0.25, -0.2) is 9.59 Å². The van der Waals surface area contributed by atoms with Gasteiger partial charge in [0, 0.05) is 0 Å². The molecule has 0 amide bonds. The third-order valence-electron chi connectivity index (χ3n) is 2.73. The molecule has 1 saturated heterocycles. The zero-order valence-corrected chi connectivity index (χ0v) is 11.3. The molecular weight excluding hydrogens is 280 g/mol. The molecule has 1 N–H and O–H groups in total. The molecule has 114 valence electrons. The maximum absolute atomic E-state index is 11.9. The monoisotopic (exact) mass is 296 g/mol. The number of carbonyl (C=O) groups excluding carboxylic acids is 2. The summed E-state index contributed by atoms with van der Waals surface area (Å²) in [5, 5.41) is 8.58. The van der Waals surface area contributed by atoms with Crippen LogP contribution in [-0.4, -0.2) is 56.4 Å². The highest BCUT2D eigenvalue weighted by Gasteiger charge is 2.20. The Labute approximate surface area is 121 Å². The lowest BCUT2D eigenvalue weighted by molar-refractivity contribution is -0.153. The Morgan fingerprint density at radius 2 is 1.67 bits per heavy atom. The van der Waals surface area contributed by atoms with Crippen LogP contribution < -0.4 is 0 Å². The maximum Gasteiger partial charge on any atom is 0.338 e. The number of ether oxygens (including phenoxy) is 4. The molecule has 2 rings (SSSR count). The second kappa shape index (κ2) is 7.72. The van der Waals surface area contributed by atoms with Crippen LogP contribution in [0.4, 0.5) is 0 Å². The highest BCUT2D eigenvalue weighted by atomic mass is 16.7. The van der Waals surface area contributed by atoms with Crippen molar-refractivity contribution in [1.29, 1.82) is 0 Å². The van der Waals surface area contributed by atoms with E-state index >= 15 is 0 Å². The molecule has 1 fully saturated rings. The maximum atomic E-state index is 11.9. The van der Waals surface area contributed by atoms with E-state index in [1.807, 2.05) is 0 Å². The summed E-state index contributed by atoms with van der Waals surface area (Å²) in [5.74, 6) is -1.07. The molecule has 0 saturated carbocycles. The van der Waals surface area contributed by atoms with E-state index in [2.05, 4.69) is 0 Å². The molecule has 1 aromatic rings. The second-order valence-electron chi connectivity index (χ2n) is 4.32. The van der Waals surface area contributed by atoms with Crippen LogP contribution in [0.5, 0.6) is 0 Å². The summed E-state index contributed by atoms with van der Waals surface area (Å²) >= 11 is 0. The van der Waals surface area contributed by atoms with Crippen molar-refractivity contribution in [1.82, 2.24) is 0 Å². The van der Waals surface area contributed by atoms with Crippen molar-refractivity contribution in [2.24, 2.45) is 0 Å². The lowest BCUT2D eigenvalue weighted by atomic mass is 10.1. The van der Waals surface area contributed by atoms with E-state index in [1.54, 1.807) is 0 Å². The molecule has 0 aromatic heterocycles. The molecular formula is C14H16O7. The van der Waals surface area contributed by atoms with E-state index in [0.29, 0.717) is 24.3 Å². The van der Waals surface area contributed by atoms with Crippen molar-refractivity contribution in [3.05, 3.63) is 35.4 Å². The summed E-state index contributed by atoms with van der Waals surface area (Å²) in [6.07, 6.45) is -0.430. The van der Waals surface area contributed by atoms with E-state index < -0.39 is 18.0 Å². The number of carbonyl (C=O) groups is 2. The number of aliphatic hydroxyl groups excluding tert-OH is 1. The van der Waals surface area contributed by atoms with Crippen molar-refractivity contribution < 1.29 is 33.6 Å². The molecule has 0 radical (unpaired) electrons. The van der Waals surface area contributed by atoms with E-state index in [-0.39, 0.29) is 20.0 Å². The SMILES string of the molecule is O=C(OCCO)c1ccc(C(=O)OC2COCOC2)cc1. The minimum atomic E-state index is -0.557. The Morgan fingerprint density at radius 3 is 2.24 bits per heavy atom. The van der Waals surface area contributed by atoms with Gasteiger partial charge in [-0.05, 0) is 24.3 Å². The molecule has 0 aliphatic carbocycles. The first-order chi connectivity index (χ1) is 10.2. The van der Waals surface area contributed by atoms with Gasteiger partial charge in [0.25, 0.3) is 0 Å². The summed E-state index contributed by atoms with van der Waals surface area (Å²) < 4.78 is 20.0. The van der Waals surface area contributed by atoms with Crippen molar-refractivity contribution in [2.45, 2.75) is 6.10 Å². The van der Waals surface area contributed by atoms with Gasteiger partial charge < -0.3 is 24.1 Å². The van der Waals surface area contributed by atoms with Crippen molar-refractivity contribution in [2.75, 3.05) is 33.2 Å². The fourth-order valence-corrected chi connectivity index (χ4v) is 1.72. The van der Waals surface area contributed by atoms with Gasteiger partial charge >= 0.3 is 11.9 Å². The first-order valence-electron chi connectivity index (χ1n) is 6.45. The van der Waals surface area contributed by atoms with Gasteiger partial charge in [0.1, 0.15) is 19.5 Å². The number of rotatable bonds is 5. The molecule has 21 heavy (non-hydrogen) atoms. The average Bonchev–Trinajstić information content (AvgIpc) is 2.53. The molecule has 1 aromatic carbocycles. The Kier molecular flexibility index (Phi) is 5.68. The largest absolute Gasteiger partial charge is 0.460 e. The molecule has 1 aliphatic rings. The van der Waals surface area contributed by atoms with Gasteiger partial charge in [-0.3, -0.25) is 0 Å². The molecule has 1 aliphatic heterocycles. The van der Waals surface area contributed by atoms with Crippen LogP contribution >= 0.6 is 0 Å². The average molecular weight is 296 g/mol. The van der Waals surface area contributed by atoms with Crippen LogP contribution in [0.1, 0.15) is 20.7 Å². The van der Waals surface area contributed by atoms with Gasteiger partial charge in [-0.2, -0.15) is 0 Å². The van der Waals surface area contributed by atoms with Gasteiger partial charge in [-0.1, -0.05) is 0 Å². The molecule has 1 heterocycles. The summed E-state index contributed by atoms with van der Waals surface area (Å²) in [6.45, 7) is 0.513. The summed E-state index contributed by atoms with van der Waals surface area (Å²) in [5.41, 5.74) is 0.614. The summed E-state index contributed by atoms with van der Waals surface area (Å²) in [4.78, 5) is 23.4. The highest BCUT2D eigenvalue weighted by molar-refractivity contribution is 5.93. The minimum absolute atomic E-state index is 0.0652. The zero-order chi connectivity index (χ0) is 15.1. The van der Waals surface area contributed by atoms with Gasteiger partial charge in [0.15, 0.2) is 0 Å². The molecule has 7 nitrogen and oxygen atoms in total. The predicted octanol–water partition coefficient (Wildman–Crippen LogP) is 0.365. The number of benzene rings is 1. The Morgan fingerprint density at radius 1 is 1.10 bits per heavy atom. The number of esters is 2. The van der Waals surface area contributed by atoms with E-state index in [1.165, 1.54) is 24.3 Å². The standard InChI is InChI=1S/C14H16O7/c15-5-6-20-13(16)10-1-3-11(4-2-10)14(17)21-12-7-18-9-19-8-12/h1-4,12,15H,5-9H2. The Hall–Kier alpha value is -1.96. The molecule has 7 heteroatoms. The Balaban J connectivity index is 1.91. The Bertz CT molecular complexity index is 477. The first kappa shape index (κ1) is 15.4. The van der Waals surface area contributed by atoms with Crippen molar-refractivity contribution >= 4 is 11.9 Å². The van der Waals surface area contributed by atoms with E-state index in [9.17, 15) is 9.59 Å². The van der Waals surface area contributed by atoms with Gasteiger partial charge in [0.2, 0.25) is 0 Å². The highest BCUT2D eigenvalue weighted by Crippen LogP contribution is 2.10. The van der Waals surface area contributed by atoms with E-state index in [0.717, 1.165) is 0 Å². The van der Waals surface area contributed by atoms with Crippen LogP contribution in [0.2, 0.25) is 0 Å². The van der Waals surface area contributed by atoms with Crippen LogP contribution in [0, 0.1) is 0 Å². The summed E-state index contributed by atoms with van der Waals surface area (Å²) in [6, 6.07) is 5.87. The quantitative estimate of drug-likeness (QED) is 0.785. The van der Waals surface area contributed by atoms with E-state index in [4.69, 9.17) is 24.1 Å². The number of hydrogen-bond acceptors (Lipinski definition) is 7. The summed E-state index contributed by atoms with van der Waals surface area (Å²) in [7, 11) is 0. The molecule has 0 atom stereocenters. The van der Waals surface area contributed by atoms with Crippen LogP contribution in [0.15, 0.2) is 24.3 Å². The molecule has 0 unspecified atom stereocenters. The second-order valence-corrected chi connectivity index (χ2v) is 4.32. The molecule has 0 bridgehead atoms. The lowest BCUT2D eigenvalue weighted by Gasteiger charge is -2.22. The number of hydrogen-bond donors (Lipinski definition) is 1. The fourth-order valence-electron chi connectivity index (χ4n) is 1.72. The third-order valence-corrected chi connectivity index (χ3v) is 2.73. The third kappa shape index (κ3) is 4.52. The smallest absolute Gasteiger partial charge is 0.338 e. The van der Waals surface area contributed by atoms with Crippen molar-refractivity contribution in [3.8, 4) is 0 Å².